The Morgan fingerprint density at radius 1 is 1.11 bits per heavy atom. The number of pyridine rings is 1. The molecule has 0 spiro atoms. The highest BCUT2D eigenvalue weighted by Crippen LogP contribution is 2.20. The number of hydrogen-bond acceptors (Lipinski definition) is 2. The molecule has 0 aliphatic carbocycles. The first kappa shape index (κ1) is 12.8. The van der Waals surface area contributed by atoms with Crippen LogP contribution >= 0.6 is 0 Å². The first-order valence-corrected chi connectivity index (χ1v) is 6.50. The Balaban J connectivity index is 2.21. The lowest BCUT2D eigenvalue weighted by atomic mass is 9.97. The summed E-state index contributed by atoms with van der Waals surface area (Å²) in [5.41, 5.74) is 3.83. The number of aryl methyl sites for hydroxylation is 1. The zero-order chi connectivity index (χ0) is 12.8. The number of likely N-dealkylation sites (N-methyl/N-ethyl adjacent to an activating group) is 1. The second kappa shape index (κ2) is 6.31. The molecule has 1 heterocycles. The molecule has 0 radical (unpaired) electrons. The van der Waals surface area contributed by atoms with Crippen molar-refractivity contribution < 1.29 is 0 Å². The fourth-order valence-corrected chi connectivity index (χ4v) is 2.24. The first-order chi connectivity index (χ1) is 8.81. The molecular formula is C16H20N2. The van der Waals surface area contributed by atoms with Crippen LogP contribution in [0, 0.1) is 6.92 Å². The number of nitrogens with zero attached hydrogens (tertiary/aromatic N) is 1. The maximum absolute atomic E-state index is 4.42. The second-order valence-electron chi connectivity index (χ2n) is 4.49. The lowest BCUT2D eigenvalue weighted by Crippen LogP contribution is -2.24. The molecule has 1 unspecified atom stereocenters. The minimum absolute atomic E-state index is 0.339. The predicted octanol–water partition coefficient (Wildman–Crippen LogP) is 3.28. The highest BCUT2D eigenvalue weighted by Gasteiger charge is 2.13. The average molecular weight is 240 g/mol. The van der Waals surface area contributed by atoms with Gasteiger partial charge in [-0.15, -0.1) is 0 Å². The van der Waals surface area contributed by atoms with E-state index in [0.717, 1.165) is 18.7 Å². The van der Waals surface area contributed by atoms with E-state index in [1.807, 2.05) is 18.3 Å². The Hall–Kier alpha value is -1.67. The molecule has 94 valence electrons. The average Bonchev–Trinajstić information content (AvgIpc) is 2.40. The van der Waals surface area contributed by atoms with Crippen LogP contribution in [-0.4, -0.2) is 11.5 Å². The van der Waals surface area contributed by atoms with E-state index < -0.39 is 0 Å². The zero-order valence-corrected chi connectivity index (χ0v) is 11.1. The normalized spacial score (nSPS) is 12.3. The van der Waals surface area contributed by atoms with Crippen molar-refractivity contribution in [3.8, 4) is 0 Å². The second-order valence-corrected chi connectivity index (χ2v) is 4.49. The number of rotatable bonds is 5. The minimum Gasteiger partial charge on any atom is -0.310 e. The van der Waals surface area contributed by atoms with Crippen LogP contribution in [0.15, 0.2) is 48.7 Å². The van der Waals surface area contributed by atoms with Crippen molar-refractivity contribution in [1.29, 1.82) is 0 Å². The van der Waals surface area contributed by atoms with Crippen LogP contribution in [0.4, 0.5) is 0 Å². The van der Waals surface area contributed by atoms with Crippen LogP contribution in [0.3, 0.4) is 0 Å². The van der Waals surface area contributed by atoms with Gasteiger partial charge in [-0.05, 0) is 36.7 Å². The highest BCUT2D eigenvalue weighted by atomic mass is 14.9. The van der Waals surface area contributed by atoms with E-state index in [4.69, 9.17) is 0 Å². The molecule has 2 nitrogen and oxygen atoms in total. The molecule has 0 saturated heterocycles. The van der Waals surface area contributed by atoms with Gasteiger partial charge >= 0.3 is 0 Å². The van der Waals surface area contributed by atoms with E-state index in [-0.39, 0.29) is 0 Å². The number of aromatic nitrogens is 1. The highest BCUT2D eigenvalue weighted by molar-refractivity contribution is 5.29. The summed E-state index contributed by atoms with van der Waals surface area (Å²) in [5.74, 6) is 0. The van der Waals surface area contributed by atoms with Gasteiger partial charge < -0.3 is 5.32 Å². The lowest BCUT2D eigenvalue weighted by Gasteiger charge is -2.20. The van der Waals surface area contributed by atoms with E-state index in [0.29, 0.717) is 6.04 Å². The van der Waals surface area contributed by atoms with E-state index >= 15 is 0 Å². The van der Waals surface area contributed by atoms with Crippen LogP contribution < -0.4 is 5.32 Å². The molecular weight excluding hydrogens is 220 g/mol. The predicted molar refractivity (Wildman–Crippen MR) is 75.5 cm³/mol. The molecule has 0 aliphatic rings. The molecule has 0 bridgehead atoms. The van der Waals surface area contributed by atoms with Gasteiger partial charge in [-0.1, -0.05) is 37.3 Å². The van der Waals surface area contributed by atoms with Crippen LogP contribution in [0.5, 0.6) is 0 Å². The van der Waals surface area contributed by atoms with Crippen molar-refractivity contribution in [3.05, 3.63) is 65.5 Å². The van der Waals surface area contributed by atoms with Gasteiger partial charge in [0.05, 0.1) is 0 Å². The Morgan fingerprint density at radius 3 is 2.56 bits per heavy atom. The molecule has 2 rings (SSSR count). The molecule has 0 amide bonds. The van der Waals surface area contributed by atoms with E-state index in [9.17, 15) is 0 Å². The lowest BCUT2D eigenvalue weighted by molar-refractivity contribution is 0.542. The Kier molecular flexibility index (Phi) is 4.48. The molecule has 1 N–H and O–H groups in total. The van der Waals surface area contributed by atoms with Crippen molar-refractivity contribution in [2.75, 3.05) is 6.54 Å². The summed E-state index contributed by atoms with van der Waals surface area (Å²) in [6, 6.07) is 15.0. The fraction of sp³-hybridized carbons (Fsp3) is 0.312. The van der Waals surface area contributed by atoms with Gasteiger partial charge in [0, 0.05) is 24.4 Å². The maximum Gasteiger partial charge on any atom is 0.0422 e. The Bertz CT molecular complexity index is 479. The summed E-state index contributed by atoms with van der Waals surface area (Å²) < 4.78 is 0. The van der Waals surface area contributed by atoms with Crippen LogP contribution in [-0.2, 0) is 6.42 Å². The largest absolute Gasteiger partial charge is 0.310 e. The Labute approximate surface area is 109 Å². The summed E-state index contributed by atoms with van der Waals surface area (Å²) in [6.07, 6.45) is 2.79. The summed E-state index contributed by atoms with van der Waals surface area (Å²) in [5, 5.41) is 3.55. The molecule has 2 aromatic rings. The van der Waals surface area contributed by atoms with E-state index in [1.54, 1.807) is 0 Å². The molecule has 0 fully saturated rings. The van der Waals surface area contributed by atoms with Gasteiger partial charge in [-0.25, -0.2) is 0 Å². The summed E-state index contributed by atoms with van der Waals surface area (Å²) in [6.45, 7) is 5.27. The number of nitrogens with one attached hydrogen (secondary N) is 1. The third kappa shape index (κ3) is 3.17. The minimum atomic E-state index is 0.339. The third-order valence-corrected chi connectivity index (χ3v) is 3.15. The maximum atomic E-state index is 4.42. The zero-order valence-electron chi connectivity index (χ0n) is 11.1. The van der Waals surface area contributed by atoms with Gasteiger partial charge in [0.1, 0.15) is 0 Å². The summed E-state index contributed by atoms with van der Waals surface area (Å²) in [7, 11) is 0. The van der Waals surface area contributed by atoms with E-state index in [1.165, 1.54) is 11.1 Å². The van der Waals surface area contributed by atoms with Crippen molar-refractivity contribution in [2.24, 2.45) is 0 Å². The fourth-order valence-electron chi connectivity index (χ4n) is 2.24. The van der Waals surface area contributed by atoms with Gasteiger partial charge in [0.25, 0.3) is 0 Å². The van der Waals surface area contributed by atoms with Crippen LogP contribution in [0.2, 0.25) is 0 Å². The standard InChI is InChI=1S/C16H20N2/c1-3-17-16(12-14-9-6-7-11-18-14)15-10-5-4-8-13(15)2/h4-11,16-17H,3,12H2,1-2H3. The van der Waals surface area contributed by atoms with Crippen molar-refractivity contribution in [3.63, 3.8) is 0 Å². The molecule has 0 saturated carbocycles. The van der Waals surface area contributed by atoms with Gasteiger partial charge in [0.2, 0.25) is 0 Å². The molecule has 0 aliphatic heterocycles. The molecule has 1 atom stereocenters. The van der Waals surface area contributed by atoms with Gasteiger partial charge in [-0.3, -0.25) is 4.98 Å². The SMILES string of the molecule is CCNC(Cc1ccccn1)c1ccccc1C. The van der Waals surface area contributed by atoms with Crippen molar-refractivity contribution in [2.45, 2.75) is 26.3 Å². The van der Waals surface area contributed by atoms with Crippen LogP contribution in [0.1, 0.15) is 29.8 Å². The number of hydrogen-bond donors (Lipinski definition) is 1. The van der Waals surface area contributed by atoms with Crippen molar-refractivity contribution >= 4 is 0 Å². The topological polar surface area (TPSA) is 24.9 Å². The quantitative estimate of drug-likeness (QED) is 0.867. The number of benzene rings is 1. The monoisotopic (exact) mass is 240 g/mol. The van der Waals surface area contributed by atoms with Gasteiger partial charge in [0.15, 0.2) is 0 Å². The third-order valence-electron chi connectivity index (χ3n) is 3.15. The summed E-state index contributed by atoms with van der Waals surface area (Å²) >= 11 is 0. The van der Waals surface area contributed by atoms with Crippen molar-refractivity contribution in [1.82, 2.24) is 10.3 Å². The smallest absolute Gasteiger partial charge is 0.0422 e. The Morgan fingerprint density at radius 2 is 1.89 bits per heavy atom. The van der Waals surface area contributed by atoms with E-state index in [2.05, 4.69) is 54.5 Å². The van der Waals surface area contributed by atoms with Gasteiger partial charge in [-0.2, -0.15) is 0 Å². The molecule has 1 aromatic heterocycles. The first-order valence-electron chi connectivity index (χ1n) is 6.50. The van der Waals surface area contributed by atoms with Crippen LogP contribution in [0.25, 0.3) is 0 Å². The summed E-state index contributed by atoms with van der Waals surface area (Å²) in [4.78, 5) is 4.42. The molecule has 18 heavy (non-hydrogen) atoms. The molecule has 2 heteroatoms. The molecule has 1 aromatic carbocycles.